The van der Waals surface area contributed by atoms with E-state index in [9.17, 15) is 15.0 Å². The SMILES string of the molecule is CCCc1cc(N2CC[C@H](O)[C@](CCCc3ccccc3)(C(=O)O)C2)nc(C)n1. The van der Waals surface area contributed by atoms with Gasteiger partial charge < -0.3 is 15.1 Å². The van der Waals surface area contributed by atoms with Gasteiger partial charge in [0.2, 0.25) is 0 Å². The maximum Gasteiger partial charge on any atom is 0.314 e. The maximum absolute atomic E-state index is 12.3. The lowest BCUT2D eigenvalue weighted by atomic mass is 9.73. The van der Waals surface area contributed by atoms with E-state index in [-0.39, 0.29) is 6.54 Å². The van der Waals surface area contributed by atoms with E-state index in [4.69, 9.17) is 0 Å². The monoisotopic (exact) mass is 397 g/mol. The van der Waals surface area contributed by atoms with E-state index in [2.05, 4.69) is 29.0 Å². The lowest BCUT2D eigenvalue weighted by Gasteiger charge is -2.44. The van der Waals surface area contributed by atoms with Crippen molar-refractivity contribution in [2.45, 2.75) is 58.5 Å². The molecule has 6 nitrogen and oxygen atoms in total. The van der Waals surface area contributed by atoms with Crippen LogP contribution >= 0.6 is 0 Å². The number of piperidine rings is 1. The Morgan fingerprint density at radius 2 is 2.00 bits per heavy atom. The fraction of sp³-hybridized carbons (Fsp3) is 0.522. The van der Waals surface area contributed by atoms with Crippen LogP contribution in [-0.4, -0.2) is 45.3 Å². The maximum atomic E-state index is 12.3. The van der Waals surface area contributed by atoms with Crippen molar-refractivity contribution >= 4 is 11.8 Å². The van der Waals surface area contributed by atoms with Crippen LogP contribution in [0.1, 0.15) is 49.7 Å². The molecule has 3 rings (SSSR count). The first-order valence-corrected chi connectivity index (χ1v) is 10.5. The second-order valence-corrected chi connectivity index (χ2v) is 8.04. The topological polar surface area (TPSA) is 86.5 Å². The van der Waals surface area contributed by atoms with Crippen molar-refractivity contribution in [3.63, 3.8) is 0 Å². The zero-order valence-corrected chi connectivity index (χ0v) is 17.3. The number of benzene rings is 1. The predicted octanol–water partition coefficient (Wildman–Crippen LogP) is 3.40. The second-order valence-electron chi connectivity index (χ2n) is 8.04. The number of rotatable bonds is 8. The van der Waals surface area contributed by atoms with Crippen LogP contribution in [0.3, 0.4) is 0 Å². The van der Waals surface area contributed by atoms with Gasteiger partial charge in [-0.1, -0.05) is 43.7 Å². The summed E-state index contributed by atoms with van der Waals surface area (Å²) in [5.74, 6) is 0.533. The van der Waals surface area contributed by atoms with Gasteiger partial charge in [0.15, 0.2) is 0 Å². The summed E-state index contributed by atoms with van der Waals surface area (Å²) in [5, 5.41) is 20.8. The molecule has 2 aromatic rings. The number of carboxylic acid groups (broad SMARTS) is 1. The molecule has 156 valence electrons. The van der Waals surface area contributed by atoms with Crippen LogP contribution < -0.4 is 4.90 Å². The molecule has 6 heteroatoms. The number of hydrogen-bond acceptors (Lipinski definition) is 5. The number of aliphatic hydroxyl groups excluding tert-OH is 1. The highest BCUT2D eigenvalue weighted by Crippen LogP contribution is 2.37. The number of hydrogen-bond donors (Lipinski definition) is 2. The molecule has 1 aliphatic rings. The highest BCUT2D eigenvalue weighted by Gasteiger charge is 2.49. The van der Waals surface area contributed by atoms with Crippen molar-refractivity contribution in [3.05, 3.63) is 53.5 Å². The van der Waals surface area contributed by atoms with Gasteiger partial charge in [-0.3, -0.25) is 4.79 Å². The Kier molecular flexibility index (Phi) is 6.85. The van der Waals surface area contributed by atoms with E-state index in [1.807, 2.05) is 36.1 Å². The lowest BCUT2D eigenvalue weighted by molar-refractivity contribution is -0.158. The second kappa shape index (κ2) is 9.35. The highest BCUT2D eigenvalue weighted by molar-refractivity contribution is 5.77. The van der Waals surface area contributed by atoms with Crippen molar-refractivity contribution in [1.29, 1.82) is 0 Å². The largest absolute Gasteiger partial charge is 0.481 e. The summed E-state index contributed by atoms with van der Waals surface area (Å²) in [7, 11) is 0. The third-order valence-electron chi connectivity index (χ3n) is 5.85. The van der Waals surface area contributed by atoms with E-state index in [0.29, 0.717) is 31.6 Å². The number of carboxylic acids is 1. The molecule has 0 amide bonds. The van der Waals surface area contributed by atoms with Gasteiger partial charge in [0.25, 0.3) is 0 Å². The number of carbonyl (C=O) groups is 1. The summed E-state index contributed by atoms with van der Waals surface area (Å²) in [4.78, 5) is 23.4. The third kappa shape index (κ3) is 4.93. The van der Waals surface area contributed by atoms with Gasteiger partial charge in [0.1, 0.15) is 17.1 Å². The fourth-order valence-electron chi connectivity index (χ4n) is 4.25. The average molecular weight is 398 g/mol. The van der Waals surface area contributed by atoms with Crippen molar-refractivity contribution in [2.24, 2.45) is 5.41 Å². The van der Waals surface area contributed by atoms with E-state index in [1.54, 1.807) is 0 Å². The summed E-state index contributed by atoms with van der Waals surface area (Å²) in [6.45, 7) is 4.83. The van der Waals surface area contributed by atoms with E-state index in [1.165, 1.54) is 5.56 Å². The molecule has 2 heterocycles. The number of anilines is 1. The van der Waals surface area contributed by atoms with Gasteiger partial charge in [-0.2, -0.15) is 0 Å². The average Bonchev–Trinajstić information content (AvgIpc) is 2.70. The Morgan fingerprint density at radius 3 is 2.69 bits per heavy atom. The summed E-state index contributed by atoms with van der Waals surface area (Å²) in [6, 6.07) is 12.0. The molecule has 2 atom stereocenters. The molecule has 1 aromatic carbocycles. The van der Waals surface area contributed by atoms with E-state index < -0.39 is 17.5 Å². The molecule has 0 aliphatic carbocycles. The molecule has 1 aromatic heterocycles. The van der Waals surface area contributed by atoms with Crippen LogP contribution in [0, 0.1) is 12.3 Å². The zero-order chi connectivity index (χ0) is 20.9. The standard InChI is InChI=1S/C23H31N3O3/c1-3-8-19-15-21(25-17(2)24-19)26-14-12-20(27)23(16-26,22(28)29)13-7-11-18-9-5-4-6-10-18/h4-6,9-10,15,20,27H,3,7-8,11-14,16H2,1-2H3,(H,28,29)/t20-,23+/m0/s1. The van der Waals surface area contributed by atoms with E-state index >= 15 is 0 Å². The number of aromatic nitrogens is 2. The van der Waals surface area contributed by atoms with Gasteiger partial charge in [0.05, 0.1) is 6.10 Å². The molecule has 0 spiro atoms. The number of nitrogens with zero attached hydrogens (tertiary/aromatic N) is 3. The number of aryl methyl sites for hydroxylation is 3. The Morgan fingerprint density at radius 1 is 1.24 bits per heavy atom. The fourth-order valence-corrected chi connectivity index (χ4v) is 4.25. The smallest absolute Gasteiger partial charge is 0.314 e. The Bertz CT molecular complexity index is 827. The normalized spacial score (nSPS) is 21.9. The van der Waals surface area contributed by atoms with Gasteiger partial charge in [-0.05, 0) is 44.6 Å². The van der Waals surface area contributed by atoms with Gasteiger partial charge in [-0.15, -0.1) is 0 Å². The predicted molar refractivity (Wildman–Crippen MR) is 113 cm³/mol. The van der Waals surface area contributed by atoms with E-state index in [0.717, 1.165) is 30.8 Å². The number of aliphatic hydroxyl groups is 1. The van der Waals surface area contributed by atoms with Crippen LogP contribution in [0.2, 0.25) is 0 Å². The molecule has 0 bridgehead atoms. The molecule has 29 heavy (non-hydrogen) atoms. The lowest BCUT2D eigenvalue weighted by Crippen LogP contribution is -2.56. The first-order valence-electron chi connectivity index (χ1n) is 10.5. The molecule has 0 saturated carbocycles. The molecule has 1 fully saturated rings. The van der Waals surface area contributed by atoms with Crippen molar-refractivity contribution < 1.29 is 15.0 Å². The van der Waals surface area contributed by atoms with Crippen LogP contribution in [0.5, 0.6) is 0 Å². The van der Waals surface area contributed by atoms with Crippen LogP contribution in [0.15, 0.2) is 36.4 Å². The van der Waals surface area contributed by atoms with Gasteiger partial charge in [0, 0.05) is 24.8 Å². The minimum atomic E-state index is -1.18. The van der Waals surface area contributed by atoms with Crippen molar-refractivity contribution in [3.8, 4) is 0 Å². The number of aliphatic carboxylic acids is 1. The summed E-state index contributed by atoms with van der Waals surface area (Å²) in [5.41, 5.74) is 0.980. The molecule has 0 unspecified atom stereocenters. The molecular weight excluding hydrogens is 366 g/mol. The summed E-state index contributed by atoms with van der Waals surface area (Å²) >= 11 is 0. The minimum Gasteiger partial charge on any atom is -0.481 e. The zero-order valence-electron chi connectivity index (χ0n) is 17.3. The van der Waals surface area contributed by atoms with Gasteiger partial charge in [-0.25, -0.2) is 9.97 Å². The summed E-state index contributed by atoms with van der Waals surface area (Å²) in [6.07, 6.45) is 3.37. The first-order chi connectivity index (χ1) is 13.9. The Hall–Kier alpha value is -2.47. The Labute approximate surface area is 172 Å². The highest BCUT2D eigenvalue weighted by atomic mass is 16.4. The van der Waals surface area contributed by atoms with Crippen LogP contribution in [0.25, 0.3) is 0 Å². The van der Waals surface area contributed by atoms with Crippen LogP contribution in [0.4, 0.5) is 5.82 Å². The molecule has 2 N–H and O–H groups in total. The quantitative estimate of drug-likeness (QED) is 0.710. The van der Waals surface area contributed by atoms with Crippen molar-refractivity contribution in [1.82, 2.24) is 9.97 Å². The van der Waals surface area contributed by atoms with Crippen LogP contribution in [-0.2, 0) is 17.6 Å². The van der Waals surface area contributed by atoms with Gasteiger partial charge >= 0.3 is 5.97 Å². The third-order valence-corrected chi connectivity index (χ3v) is 5.85. The summed E-state index contributed by atoms with van der Waals surface area (Å²) < 4.78 is 0. The van der Waals surface area contributed by atoms with Crippen molar-refractivity contribution in [2.75, 3.05) is 18.0 Å². The molecular formula is C23H31N3O3. The minimum absolute atomic E-state index is 0.264. The molecule has 1 saturated heterocycles. The molecule has 1 aliphatic heterocycles. The Balaban J connectivity index is 1.78. The molecule has 0 radical (unpaired) electrons. The first kappa shape index (κ1) is 21.2.